The molecular formula is C27H27FN4O2. The molecule has 1 fully saturated rings. The van der Waals surface area contributed by atoms with Gasteiger partial charge in [-0.3, -0.25) is 14.5 Å². The van der Waals surface area contributed by atoms with Gasteiger partial charge in [0.05, 0.1) is 24.9 Å². The molecule has 1 aromatic heterocycles. The van der Waals surface area contributed by atoms with Gasteiger partial charge in [0.15, 0.2) is 6.23 Å². The third-order valence-electron chi connectivity index (χ3n) is 6.23. The largest absolute Gasteiger partial charge is 0.356 e. The highest BCUT2D eigenvalue weighted by Gasteiger charge is 2.31. The number of hydrogen-bond acceptors (Lipinski definition) is 4. The van der Waals surface area contributed by atoms with E-state index in [1.165, 1.54) is 12.1 Å². The maximum absolute atomic E-state index is 13.8. The Kier molecular flexibility index (Phi) is 6.36. The lowest BCUT2D eigenvalue weighted by atomic mass is 9.94. The third-order valence-corrected chi connectivity index (χ3v) is 6.23. The lowest BCUT2D eigenvalue weighted by Gasteiger charge is -2.36. The Morgan fingerprint density at radius 2 is 2.03 bits per heavy atom. The Bertz CT molecular complexity index is 1230. The van der Waals surface area contributed by atoms with Crippen LogP contribution in [0, 0.1) is 12.7 Å². The number of benzene rings is 2. The highest BCUT2D eigenvalue weighted by Crippen LogP contribution is 2.29. The standard InChI is InChI=1S/C27H27FN4O2/c1-19-6-11-22(25-5-2-3-13-29-25)23(17-19)27(33)32-14-4-16-34-26(32)18-31-15-12-24(30-31)20-7-9-21(28)10-8-20/h2-3,6-13,15,17,25-26H,4-5,14,16,18H2,1H3. The van der Waals surface area contributed by atoms with Gasteiger partial charge in [0.1, 0.15) is 5.82 Å². The van der Waals surface area contributed by atoms with Crippen LogP contribution in [0.4, 0.5) is 4.39 Å². The molecule has 2 atom stereocenters. The minimum atomic E-state index is -0.426. The van der Waals surface area contributed by atoms with E-state index in [4.69, 9.17) is 4.74 Å². The van der Waals surface area contributed by atoms with E-state index < -0.39 is 6.23 Å². The first-order chi connectivity index (χ1) is 16.6. The van der Waals surface area contributed by atoms with E-state index in [1.54, 1.807) is 23.0 Å². The van der Waals surface area contributed by atoms with Crippen LogP contribution < -0.4 is 0 Å². The second-order valence-electron chi connectivity index (χ2n) is 8.68. The molecule has 0 saturated carbocycles. The molecule has 1 saturated heterocycles. The number of dihydropyridines is 1. The van der Waals surface area contributed by atoms with E-state index in [0.29, 0.717) is 25.3 Å². The number of halogens is 1. The number of aryl methyl sites for hydroxylation is 1. The highest BCUT2D eigenvalue weighted by atomic mass is 19.1. The van der Waals surface area contributed by atoms with Crippen LogP contribution in [-0.4, -0.2) is 46.2 Å². The van der Waals surface area contributed by atoms with E-state index in [2.05, 4.69) is 16.2 Å². The van der Waals surface area contributed by atoms with E-state index in [1.807, 2.05) is 48.4 Å². The molecule has 5 rings (SSSR count). The second kappa shape index (κ2) is 9.73. The van der Waals surface area contributed by atoms with Gasteiger partial charge in [0.2, 0.25) is 0 Å². The number of nitrogens with zero attached hydrogens (tertiary/aromatic N) is 4. The number of aromatic nitrogens is 2. The van der Waals surface area contributed by atoms with E-state index >= 15 is 0 Å². The molecular weight excluding hydrogens is 431 g/mol. The molecule has 1 amide bonds. The first kappa shape index (κ1) is 22.2. The van der Waals surface area contributed by atoms with Crippen molar-refractivity contribution in [1.82, 2.24) is 14.7 Å². The predicted molar refractivity (Wildman–Crippen MR) is 129 cm³/mol. The molecule has 0 aliphatic carbocycles. The van der Waals surface area contributed by atoms with Crippen LogP contribution in [0.15, 0.2) is 71.9 Å². The van der Waals surface area contributed by atoms with Crippen LogP contribution in [0.2, 0.25) is 0 Å². The molecule has 34 heavy (non-hydrogen) atoms. The summed E-state index contributed by atoms with van der Waals surface area (Å²) < 4.78 is 21.1. The smallest absolute Gasteiger partial charge is 0.256 e. The molecule has 0 N–H and O–H groups in total. The Labute approximate surface area is 198 Å². The SMILES string of the molecule is Cc1ccc(C2CC=CC=N2)c(C(=O)N2CCCOC2Cn2ccc(-c3ccc(F)cc3)n2)c1. The summed E-state index contributed by atoms with van der Waals surface area (Å²) in [5, 5.41) is 4.63. The van der Waals surface area contributed by atoms with Crippen molar-refractivity contribution in [2.24, 2.45) is 4.99 Å². The van der Waals surface area contributed by atoms with Crippen LogP contribution in [0.3, 0.4) is 0 Å². The fourth-order valence-electron chi connectivity index (χ4n) is 4.46. The van der Waals surface area contributed by atoms with Gasteiger partial charge in [-0.1, -0.05) is 23.8 Å². The quantitative estimate of drug-likeness (QED) is 0.543. The van der Waals surface area contributed by atoms with Crippen molar-refractivity contribution >= 4 is 12.1 Å². The Hall–Kier alpha value is -3.58. The zero-order valence-electron chi connectivity index (χ0n) is 19.1. The molecule has 0 bridgehead atoms. The van der Waals surface area contributed by atoms with Crippen molar-refractivity contribution in [1.29, 1.82) is 0 Å². The molecule has 174 valence electrons. The number of rotatable bonds is 5. The summed E-state index contributed by atoms with van der Waals surface area (Å²) in [7, 11) is 0. The first-order valence-electron chi connectivity index (χ1n) is 11.6. The number of carbonyl (C=O) groups excluding carboxylic acids is 1. The molecule has 3 heterocycles. The molecule has 0 radical (unpaired) electrons. The maximum atomic E-state index is 13.8. The van der Waals surface area contributed by atoms with Crippen molar-refractivity contribution < 1.29 is 13.9 Å². The van der Waals surface area contributed by atoms with E-state index in [9.17, 15) is 9.18 Å². The summed E-state index contributed by atoms with van der Waals surface area (Å²) in [6.07, 6.45) is 8.81. The number of aliphatic imine (C=N–C) groups is 1. The summed E-state index contributed by atoms with van der Waals surface area (Å²) >= 11 is 0. The molecule has 3 aromatic rings. The van der Waals surface area contributed by atoms with Crippen LogP contribution >= 0.6 is 0 Å². The van der Waals surface area contributed by atoms with Gasteiger partial charge in [-0.25, -0.2) is 4.39 Å². The van der Waals surface area contributed by atoms with Gasteiger partial charge in [-0.2, -0.15) is 5.10 Å². The first-order valence-corrected chi connectivity index (χ1v) is 11.6. The minimum absolute atomic E-state index is 0.0425. The summed E-state index contributed by atoms with van der Waals surface area (Å²) in [5.41, 5.74) is 4.24. The monoisotopic (exact) mass is 458 g/mol. The van der Waals surface area contributed by atoms with Crippen molar-refractivity contribution in [3.8, 4) is 11.3 Å². The van der Waals surface area contributed by atoms with Crippen molar-refractivity contribution in [2.45, 2.75) is 38.6 Å². The number of ether oxygens (including phenoxy) is 1. The summed E-state index contributed by atoms with van der Waals surface area (Å²) in [6, 6.07) is 14.1. The second-order valence-corrected chi connectivity index (χ2v) is 8.68. The Balaban J connectivity index is 1.38. The molecule has 7 heteroatoms. The van der Waals surface area contributed by atoms with Gasteiger partial charge in [-0.15, -0.1) is 0 Å². The van der Waals surface area contributed by atoms with Crippen LogP contribution in [0.5, 0.6) is 0 Å². The van der Waals surface area contributed by atoms with Gasteiger partial charge in [-0.05, 0) is 67.8 Å². The Morgan fingerprint density at radius 3 is 2.82 bits per heavy atom. The van der Waals surface area contributed by atoms with Gasteiger partial charge >= 0.3 is 0 Å². The third kappa shape index (κ3) is 4.70. The zero-order valence-corrected chi connectivity index (χ0v) is 19.1. The van der Waals surface area contributed by atoms with Gasteiger partial charge < -0.3 is 9.64 Å². The van der Waals surface area contributed by atoms with Crippen LogP contribution in [0.25, 0.3) is 11.3 Å². The minimum Gasteiger partial charge on any atom is -0.356 e. The fourth-order valence-corrected chi connectivity index (χ4v) is 4.46. The molecule has 2 aromatic carbocycles. The summed E-state index contributed by atoms with van der Waals surface area (Å²) in [6.45, 7) is 3.63. The molecule has 2 unspecified atom stereocenters. The number of hydrogen-bond donors (Lipinski definition) is 0. The predicted octanol–water partition coefficient (Wildman–Crippen LogP) is 4.96. The normalized spacial score (nSPS) is 20.0. The van der Waals surface area contributed by atoms with E-state index in [-0.39, 0.29) is 17.8 Å². The lowest BCUT2D eigenvalue weighted by Crippen LogP contribution is -2.48. The van der Waals surface area contributed by atoms with Crippen LogP contribution in [0.1, 0.15) is 40.4 Å². The topological polar surface area (TPSA) is 59.7 Å². The van der Waals surface area contributed by atoms with E-state index in [0.717, 1.165) is 35.2 Å². The number of allylic oxidation sites excluding steroid dienone is 1. The summed E-state index contributed by atoms with van der Waals surface area (Å²) in [5.74, 6) is -0.322. The molecule has 0 spiro atoms. The van der Waals surface area contributed by atoms with Crippen molar-refractivity contribution in [2.75, 3.05) is 13.2 Å². The highest BCUT2D eigenvalue weighted by molar-refractivity contribution is 5.96. The number of amides is 1. The van der Waals surface area contributed by atoms with Crippen molar-refractivity contribution in [3.63, 3.8) is 0 Å². The lowest BCUT2D eigenvalue weighted by molar-refractivity contribution is -0.0861. The van der Waals surface area contributed by atoms with Gasteiger partial charge in [0.25, 0.3) is 5.91 Å². The van der Waals surface area contributed by atoms with Crippen molar-refractivity contribution in [3.05, 3.63) is 89.4 Å². The van der Waals surface area contributed by atoms with Gasteiger partial charge in [0, 0.05) is 30.1 Å². The fraction of sp³-hybridized carbons (Fsp3) is 0.296. The average Bonchev–Trinajstić information content (AvgIpc) is 3.33. The molecule has 6 nitrogen and oxygen atoms in total. The number of carbonyl (C=O) groups is 1. The molecule has 2 aliphatic rings. The zero-order chi connectivity index (χ0) is 23.5. The maximum Gasteiger partial charge on any atom is 0.256 e. The summed E-state index contributed by atoms with van der Waals surface area (Å²) in [4.78, 5) is 20.2. The molecule has 2 aliphatic heterocycles. The Morgan fingerprint density at radius 1 is 1.18 bits per heavy atom. The van der Waals surface area contributed by atoms with Crippen LogP contribution in [-0.2, 0) is 11.3 Å². The average molecular weight is 459 g/mol.